The van der Waals surface area contributed by atoms with E-state index in [1.54, 1.807) is 14.2 Å². The summed E-state index contributed by atoms with van der Waals surface area (Å²) in [5, 5.41) is 15.3. The molecule has 0 saturated heterocycles. The van der Waals surface area contributed by atoms with Crippen LogP contribution in [0.2, 0.25) is 0 Å². The van der Waals surface area contributed by atoms with Crippen LogP contribution in [-0.4, -0.2) is 36.2 Å². The zero-order valence-electron chi connectivity index (χ0n) is 17.6. The highest BCUT2D eigenvalue weighted by Gasteiger charge is 2.17. The largest absolute Gasteiger partial charge is 0.495 e. The van der Waals surface area contributed by atoms with Crippen molar-refractivity contribution >= 4 is 40.2 Å². The average Bonchev–Trinajstić information content (AvgIpc) is 3.37. The minimum absolute atomic E-state index is 0.552. The SMILES string of the molecule is CCOc1cccc(OC)c1SNc1noc2cc(Nc3cc(C)[nH]n3)c(OC)cc12. The highest BCUT2D eigenvalue weighted by Crippen LogP contribution is 2.40. The van der Waals surface area contributed by atoms with Gasteiger partial charge >= 0.3 is 0 Å². The Labute approximate surface area is 183 Å². The topological polar surface area (TPSA) is 106 Å². The minimum Gasteiger partial charge on any atom is -0.495 e. The molecule has 31 heavy (non-hydrogen) atoms. The molecule has 0 fully saturated rings. The van der Waals surface area contributed by atoms with Gasteiger partial charge in [0.25, 0.3) is 0 Å². The van der Waals surface area contributed by atoms with Crippen molar-refractivity contribution < 1.29 is 18.7 Å². The monoisotopic (exact) mass is 441 g/mol. The summed E-state index contributed by atoms with van der Waals surface area (Å²) in [5.41, 5.74) is 2.28. The molecule has 162 valence electrons. The Morgan fingerprint density at radius 3 is 2.61 bits per heavy atom. The fourth-order valence-corrected chi connectivity index (χ4v) is 3.88. The van der Waals surface area contributed by atoms with Crippen LogP contribution in [0.25, 0.3) is 11.0 Å². The third-order valence-corrected chi connectivity index (χ3v) is 5.37. The van der Waals surface area contributed by atoms with E-state index < -0.39 is 0 Å². The molecule has 9 nitrogen and oxygen atoms in total. The second-order valence-corrected chi connectivity index (χ2v) is 7.38. The molecular weight excluding hydrogens is 418 g/mol. The van der Waals surface area contributed by atoms with Crippen molar-refractivity contribution in [3.05, 3.63) is 42.1 Å². The van der Waals surface area contributed by atoms with Crippen LogP contribution in [0.5, 0.6) is 17.2 Å². The minimum atomic E-state index is 0.552. The van der Waals surface area contributed by atoms with Gasteiger partial charge in [0.15, 0.2) is 17.2 Å². The normalized spacial score (nSPS) is 10.8. The van der Waals surface area contributed by atoms with Crippen LogP contribution in [-0.2, 0) is 0 Å². The number of fused-ring (bicyclic) bond motifs is 1. The van der Waals surface area contributed by atoms with Gasteiger partial charge in [0.2, 0.25) is 0 Å². The molecule has 0 unspecified atom stereocenters. The van der Waals surface area contributed by atoms with Gasteiger partial charge in [0.05, 0.1) is 31.9 Å². The lowest BCUT2D eigenvalue weighted by Gasteiger charge is -2.13. The van der Waals surface area contributed by atoms with Crippen LogP contribution in [0.4, 0.5) is 17.3 Å². The number of hydrogen-bond acceptors (Lipinski definition) is 9. The Kier molecular flexibility index (Phi) is 6.08. The van der Waals surface area contributed by atoms with Crippen molar-refractivity contribution in [2.24, 2.45) is 0 Å². The maximum atomic E-state index is 5.73. The predicted octanol–water partition coefficient (Wildman–Crippen LogP) is 5.14. The number of nitrogens with zero attached hydrogens (tertiary/aromatic N) is 2. The van der Waals surface area contributed by atoms with E-state index in [1.807, 2.05) is 50.2 Å². The van der Waals surface area contributed by atoms with Gasteiger partial charge in [-0.05, 0) is 44.0 Å². The van der Waals surface area contributed by atoms with Gasteiger partial charge in [-0.1, -0.05) is 11.2 Å². The van der Waals surface area contributed by atoms with Gasteiger partial charge in [-0.2, -0.15) is 5.10 Å². The van der Waals surface area contributed by atoms with Crippen molar-refractivity contribution in [3.63, 3.8) is 0 Å². The van der Waals surface area contributed by atoms with Crippen molar-refractivity contribution in [1.29, 1.82) is 0 Å². The van der Waals surface area contributed by atoms with Crippen LogP contribution in [0.1, 0.15) is 12.6 Å². The predicted molar refractivity (Wildman–Crippen MR) is 121 cm³/mol. The molecular formula is C21H23N5O4S. The lowest BCUT2D eigenvalue weighted by atomic mass is 10.2. The van der Waals surface area contributed by atoms with Gasteiger partial charge in [-0.25, -0.2) is 0 Å². The zero-order valence-corrected chi connectivity index (χ0v) is 18.4. The Bertz CT molecular complexity index is 1190. The summed E-state index contributed by atoms with van der Waals surface area (Å²) >= 11 is 1.34. The Hall–Kier alpha value is -3.53. The summed E-state index contributed by atoms with van der Waals surface area (Å²) in [4.78, 5) is 0.821. The molecule has 2 heterocycles. The summed E-state index contributed by atoms with van der Waals surface area (Å²) in [6.45, 7) is 4.42. The molecule has 0 spiro atoms. The maximum absolute atomic E-state index is 5.73. The Balaban J connectivity index is 1.61. The highest BCUT2D eigenvalue weighted by atomic mass is 32.2. The smallest absolute Gasteiger partial charge is 0.187 e. The molecule has 0 amide bonds. The lowest BCUT2D eigenvalue weighted by Crippen LogP contribution is -1.98. The van der Waals surface area contributed by atoms with Gasteiger partial charge in [0.1, 0.15) is 22.1 Å². The van der Waals surface area contributed by atoms with Crippen LogP contribution >= 0.6 is 11.9 Å². The van der Waals surface area contributed by atoms with E-state index in [9.17, 15) is 0 Å². The number of H-pyrrole nitrogens is 1. The second-order valence-electron chi connectivity index (χ2n) is 6.57. The molecule has 0 aliphatic rings. The first-order valence-corrected chi connectivity index (χ1v) is 10.4. The molecule has 0 radical (unpaired) electrons. The first kappa shape index (κ1) is 20.7. The summed E-state index contributed by atoms with van der Waals surface area (Å²) in [6, 6.07) is 11.3. The second kappa shape index (κ2) is 9.09. The number of aryl methyl sites for hydroxylation is 1. The first-order valence-electron chi connectivity index (χ1n) is 9.62. The molecule has 0 aliphatic heterocycles. The standard InChI is InChI=1S/C21H23N5O4S/c1-5-29-16-8-6-7-15(27-3)20(16)31-26-21-13-10-18(28-4)14(11-17(13)30-25-21)22-19-9-12(2)23-24-19/h6-11H,5H2,1-4H3,(H,25,26)(H2,22,23,24). The third-order valence-electron chi connectivity index (χ3n) is 4.47. The van der Waals surface area contributed by atoms with E-state index in [4.69, 9.17) is 18.7 Å². The highest BCUT2D eigenvalue weighted by molar-refractivity contribution is 8.00. The van der Waals surface area contributed by atoms with Gasteiger partial charge in [-0.15, -0.1) is 0 Å². The van der Waals surface area contributed by atoms with Crippen LogP contribution in [0.15, 0.2) is 45.8 Å². The van der Waals surface area contributed by atoms with Crippen molar-refractivity contribution in [3.8, 4) is 17.2 Å². The first-order chi connectivity index (χ1) is 15.1. The average molecular weight is 442 g/mol. The number of aromatic nitrogens is 3. The van der Waals surface area contributed by atoms with Crippen molar-refractivity contribution in [1.82, 2.24) is 15.4 Å². The summed E-state index contributed by atoms with van der Waals surface area (Å²) < 4.78 is 25.6. The molecule has 0 saturated carbocycles. The third kappa shape index (κ3) is 4.33. The van der Waals surface area contributed by atoms with E-state index in [0.717, 1.165) is 27.4 Å². The maximum Gasteiger partial charge on any atom is 0.187 e. The van der Waals surface area contributed by atoms with E-state index >= 15 is 0 Å². The van der Waals surface area contributed by atoms with Crippen LogP contribution in [0, 0.1) is 6.92 Å². The molecule has 0 aliphatic carbocycles. The van der Waals surface area contributed by atoms with E-state index in [2.05, 4.69) is 25.4 Å². The molecule has 0 atom stereocenters. The Morgan fingerprint density at radius 1 is 1.10 bits per heavy atom. The summed E-state index contributed by atoms with van der Waals surface area (Å²) in [6.07, 6.45) is 0. The van der Waals surface area contributed by atoms with Gasteiger partial charge < -0.3 is 28.8 Å². The van der Waals surface area contributed by atoms with Gasteiger partial charge in [-0.3, -0.25) is 5.10 Å². The van der Waals surface area contributed by atoms with Crippen molar-refractivity contribution in [2.45, 2.75) is 18.7 Å². The number of hydrogen-bond donors (Lipinski definition) is 3. The van der Waals surface area contributed by atoms with E-state index in [0.29, 0.717) is 35.3 Å². The molecule has 0 bridgehead atoms. The fraction of sp³-hybridized carbons (Fsp3) is 0.238. The zero-order chi connectivity index (χ0) is 21.8. The molecule has 3 N–H and O–H groups in total. The number of rotatable bonds is 9. The number of benzene rings is 2. The summed E-state index contributed by atoms with van der Waals surface area (Å²) in [7, 11) is 3.24. The quantitative estimate of drug-likeness (QED) is 0.304. The number of methoxy groups -OCH3 is 2. The number of ether oxygens (including phenoxy) is 3. The molecule has 4 aromatic rings. The number of nitrogens with one attached hydrogen (secondary N) is 3. The van der Waals surface area contributed by atoms with Crippen LogP contribution < -0.4 is 24.2 Å². The van der Waals surface area contributed by atoms with Gasteiger partial charge in [0, 0.05) is 17.8 Å². The van der Waals surface area contributed by atoms with Crippen molar-refractivity contribution in [2.75, 3.05) is 30.9 Å². The Morgan fingerprint density at radius 2 is 1.90 bits per heavy atom. The number of aromatic amines is 1. The molecule has 4 rings (SSSR count). The number of anilines is 3. The summed E-state index contributed by atoms with van der Waals surface area (Å²) in [5.74, 6) is 3.31. The van der Waals surface area contributed by atoms with E-state index in [1.165, 1.54) is 11.9 Å². The van der Waals surface area contributed by atoms with Crippen LogP contribution in [0.3, 0.4) is 0 Å². The lowest BCUT2D eigenvalue weighted by molar-refractivity contribution is 0.324. The molecule has 2 aromatic heterocycles. The molecule has 10 heteroatoms. The van der Waals surface area contributed by atoms with E-state index in [-0.39, 0.29) is 0 Å². The fourth-order valence-electron chi connectivity index (χ4n) is 3.05. The molecule has 2 aromatic carbocycles.